The zero-order valence-electron chi connectivity index (χ0n) is 12.5. The summed E-state index contributed by atoms with van der Waals surface area (Å²) in [6, 6.07) is 7.50. The fourth-order valence-corrected chi connectivity index (χ4v) is 1.85. The van der Waals surface area contributed by atoms with E-state index in [4.69, 9.17) is 0 Å². The second kappa shape index (κ2) is 5.20. The summed E-state index contributed by atoms with van der Waals surface area (Å²) in [6.07, 6.45) is -1.08. The molecule has 1 aromatic heterocycles. The Morgan fingerprint density at radius 2 is 1.86 bits per heavy atom. The van der Waals surface area contributed by atoms with Gasteiger partial charge in [-0.2, -0.15) is 5.10 Å². The van der Waals surface area contributed by atoms with Crippen molar-refractivity contribution in [1.82, 2.24) is 9.78 Å². The highest BCUT2D eigenvalue weighted by molar-refractivity contribution is 5.84. The van der Waals surface area contributed by atoms with Crippen LogP contribution in [0.15, 0.2) is 30.3 Å². The second-order valence-electron chi connectivity index (χ2n) is 5.87. The van der Waals surface area contributed by atoms with E-state index < -0.39 is 6.09 Å². The van der Waals surface area contributed by atoms with E-state index in [2.05, 4.69) is 5.10 Å². The van der Waals surface area contributed by atoms with E-state index in [-0.39, 0.29) is 11.2 Å². The maximum absolute atomic E-state index is 13.1. The van der Waals surface area contributed by atoms with E-state index in [1.807, 2.05) is 20.8 Å². The maximum atomic E-state index is 13.1. The van der Waals surface area contributed by atoms with Crippen molar-refractivity contribution < 1.29 is 14.3 Å². The van der Waals surface area contributed by atoms with Crippen LogP contribution < -0.4 is 4.90 Å². The van der Waals surface area contributed by atoms with Crippen molar-refractivity contribution in [2.75, 3.05) is 11.9 Å². The second-order valence-corrected chi connectivity index (χ2v) is 5.87. The molecule has 0 fully saturated rings. The molecule has 5 nitrogen and oxygen atoms in total. The van der Waals surface area contributed by atoms with Crippen molar-refractivity contribution in [3.8, 4) is 5.69 Å². The summed E-state index contributed by atoms with van der Waals surface area (Å²) in [7, 11) is 1.45. The third kappa shape index (κ3) is 3.04. The van der Waals surface area contributed by atoms with E-state index >= 15 is 0 Å². The molecule has 21 heavy (non-hydrogen) atoms. The number of amides is 1. The number of carboxylic acid groups (broad SMARTS) is 1. The third-order valence-corrected chi connectivity index (χ3v) is 3.16. The molecule has 0 aliphatic rings. The van der Waals surface area contributed by atoms with Crippen LogP contribution in [0.2, 0.25) is 0 Å². The number of hydrogen-bond acceptors (Lipinski definition) is 2. The Labute approximate surface area is 122 Å². The summed E-state index contributed by atoms with van der Waals surface area (Å²) in [5.74, 6) is 0.0640. The Morgan fingerprint density at radius 1 is 1.29 bits per heavy atom. The minimum atomic E-state index is -1.08. The number of hydrogen-bond donors (Lipinski definition) is 1. The van der Waals surface area contributed by atoms with Gasteiger partial charge in [-0.3, -0.25) is 4.90 Å². The summed E-state index contributed by atoms with van der Waals surface area (Å²) >= 11 is 0. The van der Waals surface area contributed by atoms with Crippen LogP contribution in [0.3, 0.4) is 0 Å². The van der Waals surface area contributed by atoms with Crippen LogP contribution in [0.1, 0.15) is 26.5 Å². The lowest BCUT2D eigenvalue weighted by molar-refractivity contribution is 0.203. The van der Waals surface area contributed by atoms with Crippen LogP contribution >= 0.6 is 0 Å². The van der Waals surface area contributed by atoms with Gasteiger partial charge >= 0.3 is 6.09 Å². The van der Waals surface area contributed by atoms with E-state index in [9.17, 15) is 14.3 Å². The van der Waals surface area contributed by atoms with Crippen LogP contribution in [0.25, 0.3) is 5.69 Å². The lowest BCUT2D eigenvalue weighted by atomic mass is 9.92. The minimum absolute atomic E-state index is 0.223. The zero-order valence-corrected chi connectivity index (χ0v) is 12.5. The summed E-state index contributed by atoms with van der Waals surface area (Å²) < 4.78 is 14.6. The van der Waals surface area contributed by atoms with Gasteiger partial charge in [0.2, 0.25) is 0 Å². The van der Waals surface area contributed by atoms with E-state index in [0.29, 0.717) is 11.5 Å². The minimum Gasteiger partial charge on any atom is -0.465 e. The molecule has 112 valence electrons. The molecule has 0 aliphatic carbocycles. The van der Waals surface area contributed by atoms with E-state index in [1.165, 1.54) is 23.9 Å². The van der Waals surface area contributed by atoms with Crippen molar-refractivity contribution in [1.29, 1.82) is 0 Å². The third-order valence-electron chi connectivity index (χ3n) is 3.16. The van der Waals surface area contributed by atoms with Gasteiger partial charge in [-0.1, -0.05) is 20.8 Å². The first kappa shape index (κ1) is 15.0. The number of anilines is 1. The Morgan fingerprint density at radius 3 is 2.33 bits per heavy atom. The van der Waals surface area contributed by atoms with E-state index in [0.717, 1.165) is 10.6 Å². The molecular formula is C15H18FN3O2. The largest absolute Gasteiger partial charge is 0.465 e. The monoisotopic (exact) mass is 291 g/mol. The van der Waals surface area contributed by atoms with Crippen molar-refractivity contribution in [3.63, 3.8) is 0 Å². The molecule has 2 rings (SSSR count). The molecular weight excluding hydrogens is 273 g/mol. The van der Waals surface area contributed by atoms with Crippen LogP contribution in [-0.4, -0.2) is 28.0 Å². The van der Waals surface area contributed by atoms with Gasteiger partial charge in [0.05, 0.1) is 11.4 Å². The summed E-state index contributed by atoms with van der Waals surface area (Å²) in [5, 5.41) is 13.7. The molecule has 0 aliphatic heterocycles. The Hall–Kier alpha value is -2.37. The molecule has 0 atom stereocenters. The molecule has 0 bridgehead atoms. The molecule has 6 heteroatoms. The lowest BCUT2D eigenvalue weighted by Crippen LogP contribution is -2.26. The smallest absolute Gasteiger partial charge is 0.412 e. The van der Waals surface area contributed by atoms with Gasteiger partial charge < -0.3 is 5.11 Å². The average Bonchev–Trinajstić information content (AvgIpc) is 2.83. The van der Waals surface area contributed by atoms with Crippen LogP contribution in [0.5, 0.6) is 0 Å². The number of halogens is 1. The molecule has 0 saturated heterocycles. The van der Waals surface area contributed by atoms with Gasteiger partial charge in [0.1, 0.15) is 11.6 Å². The molecule has 1 amide bonds. The quantitative estimate of drug-likeness (QED) is 0.922. The molecule has 0 radical (unpaired) electrons. The highest BCUT2D eigenvalue weighted by atomic mass is 19.1. The van der Waals surface area contributed by atoms with Crippen molar-refractivity contribution in [2.45, 2.75) is 26.2 Å². The van der Waals surface area contributed by atoms with E-state index in [1.54, 1.807) is 18.2 Å². The first-order valence-corrected chi connectivity index (χ1v) is 6.53. The van der Waals surface area contributed by atoms with Crippen LogP contribution in [0, 0.1) is 5.82 Å². The lowest BCUT2D eigenvalue weighted by Gasteiger charge is -2.14. The van der Waals surface area contributed by atoms with Crippen molar-refractivity contribution in [2.24, 2.45) is 0 Å². The summed E-state index contributed by atoms with van der Waals surface area (Å²) in [6.45, 7) is 5.98. The Balaban J connectivity index is 2.59. The topological polar surface area (TPSA) is 58.4 Å². The van der Waals surface area contributed by atoms with Gasteiger partial charge in [0, 0.05) is 18.5 Å². The Kier molecular flexibility index (Phi) is 3.72. The summed E-state index contributed by atoms with van der Waals surface area (Å²) in [4.78, 5) is 12.3. The average molecular weight is 291 g/mol. The molecule has 2 aromatic rings. The highest BCUT2D eigenvalue weighted by Gasteiger charge is 2.24. The predicted molar refractivity (Wildman–Crippen MR) is 78.6 cm³/mol. The predicted octanol–water partition coefficient (Wildman–Crippen LogP) is 3.42. The first-order chi connectivity index (χ1) is 9.70. The van der Waals surface area contributed by atoms with Gasteiger partial charge in [0.25, 0.3) is 0 Å². The molecule has 1 aromatic carbocycles. The number of rotatable bonds is 2. The SMILES string of the molecule is CN(C(=O)O)c1cc(C(C)(C)C)nn1-c1ccc(F)cc1. The normalized spacial score (nSPS) is 11.5. The van der Waals surface area contributed by atoms with Crippen LogP contribution in [-0.2, 0) is 5.41 Å². The fraction of sp³-hybridized carbons (Fsp3) is 0.333. The first-order valence-electron chi connectivity index (χ1n) is 6.53. The number of nitrogens with zero attached hydrogens (tertiary/aromatic N) is 3. The van der Waals surface area contributed by atoms with Gasteiger partial charge in [-0.15, -0.1) is 0 Å². The molecule has 1 N–H and O–H groups in total. The molecule has 0 spiro atoms. The van der Waals surface area contributed by atoms with Crippen molar-refractivity contribution >= 4 is 11.9 Å². The van der Waals surface area contributed by atoms with Crippen molar-refractivity contribution in [3.05, 3.63) is 41.8 Å². The van der Waals surface area contributed by atoms with Crippen LogP contribution in [0.4, 0.5) is 15.0 Å². The standard InChI is InChI=1S/C15H18FN3O2/c1-15(2,3)12-9-13(18(4)14(20)21)19(17-12)11-7-5-10(16)6-8-11/h5-9H,1-4H3,(H,20,21). The molecule has 1 heterocycles. The molecule has 0 unspecified atom stereocenters. The number of aromatic nitrogens is 2. The molecule has 0 saturated carbocycles. The number of benzene rings is 1. The van der Waals surface area contributed by atoms with Gasteiger partial charge in [0.15, 0.2) is 0 Å². The fourth-order valence-electron chi connectivity index (χ4n) is 1.85. The number of carbonyl (C=O) groups is 1. The van der Waals surface area contributed by atoms with Gasteiger partial charge in [-0.25, -0.2) is 13.9 Å². The van der Waals surface area contributed by atoms with Gasteiger partial charge in [-0.05, 0) is 24.3 Å². The zero-order chi connectivity index (χ0) is 15.8. The Bertz CT molecular complexity index is 657. The highest BCUT2D eigenvalue weighted by Crippen LogP contribution is 2.28. The summed E-state index contributed by atoms with van der Waals surface area (Å²) in [5.41, 5.74) is 1.14. The maximum Gasteiger partial charge on any atom is 0.412 e.